The van der Waals surface area contributed by atoms with Gasteiger partial charge in [-0.15, -0.1) is 0 Å². The van der Waals surface area contributed by atoms with Gasteiger partial charge in [0.15, 0.2) is 0 Å². The van der Waals surface area contributed by atoms with Crippen LogP contribution in [-0.2, 0) is 16.2 Å². The summed E-state index contributed by atoms with van der Waals surface area (Å²) in [5.41, 5.74) is 2.67. The van der Waals surface area contributed by atoms with E-state index in [1.165, 1.54) is 0 Å². The van der Waals surface area contributed by atoms with Crippen molar-refractivity contribution in [2.45, 2.75) is 19.6 Å². The van der Waals surface area contributed by atoms with Crippen LogP contribution >= 0.6 is 0 Å². The predicted molar refractivity (Wildman–Crippen MR) is 110 cm³/mol. The van der Waals surface area contributed by atoms with E-state index in [2.05, 4.69) is 10.5 Å². The van der Waals surface area contributed by atoms with Crippen LogP contribution < -0.4 is 10.1 Å². The molecular weight excluding hydrogens is 352 g/mol. The number of nitrogens with one attached hydrogen (secondary N) is 1. The molecule has 0 unspecified atom stereocenters. The van der Waals surface area contributed by atoms with Crippen molar-refractivity contribution in [3.63, 3.8) is 0 Å². The van der Waals surface area contributed by atoms with Gasteiger partial charge in [0.05, 0.1) is 6.21 Å². The summed E-state index contributed by atoms with van der Waals surface area (Å²) in [7, 11) is 0. The molecule has 3 aromatic rings. The number of amides is 1. The number of benzene rings is 3. The van der Waals surface area contributed by atoms with Crippen LogP contribution in [0.3, 0.4) is 0 Å². The van der Waals surface area contributed by atoms with E-state index in [1.807, 2.05) is 72.8 Å². The fraction of sp³-hybridized carbons (Fsp3) is 0.130. The van der Waals surface area contributed by atoms with E-state index in [9.17, 15) is 4.79 Å². The van der Waals surface area contributed by atoms with Crippen molar-refractivity contribution in [2.75, 3.05) is 5.32 Å². The van der Waals surface area contributed by atoms with Crippen LogP contribution in [-0.4, -0.2) is 18.2 Å². The molecule has 3 rings (SSSR count). The molecule has 1 atom stereocenters. The number of hydrogen-bond acceptors (Lipinski definition) is 4. The van der Waals surface area contributed by atoms with Crippen molar-refractivity contribution in [3.8, 4) is 5.75 Å². The minimum absolute atomic E-state index is 0.275. The van der Waals surface area contributed by atoms with Crippen LogP contribution in [0.1, 0.15) is 18.1 Å². The standard InChI is InChI=1S/C23H22N2O3/c1-18(28-24-16-19-8-4-2-5-9-19)23(26)25-21-12-14-22(15-13-21)27-17-20-10-6-3-7-11-20/h2-16,18H,17H2,1H3,(H,25,26)/b24-16-/t18-/m1/s1. The zero-order valence-electron chi connectivity index (χ0n) is 15.6. The van der Waals surface area contributed by atoms with Gasteiger partial charge in [0.1, 0.15) is 12.4 Å². The Hall–Kier alpha value is -3.60. The van der Waals surface area contributed by atoms with Crippen molar-refractivity contribution in [2.24, 2.45) is 5.16 Å². The van der Waals surface area contributed by atoms with E-state index >= 15 is 0 Å². The maximum absolute atomic E-state index is 12.2. The van der Waals surface area contributed by atoms with Gasteiger partial charge in [-0.2, -0.15) is 0 Å². The molecular formula is C23H22N2O3. The first-order chi connectivity index (χ1) is 13.7. The first-order valence-corrected chi connectivity index (χ1v) is 9.02. The van der Waals surface area contributed by atoms with Crippen molar-refractivity contribution in [1.82, 2.24) is 0 Å². The summed E-state index contributed by atoms with van der Waals surface area (Å²) >= 11 is 0. The summed E-state index contributed by atoms with van der Waals surface area (Å²) in [6.07, 6.45) is 0.858. The molecule has 0 aromatic heterocycles. The average molecular weight is 374 g/mol. The van der Waals surface area contributed by atoms with Crippen molar-refractivity contribution >= 4 is 17.8 Å². The minimum atomic E-state index is -0.714. The lowest BCUT2D eigenvalue weighted by Crippen LogP contribution is -2.26. The molecule has 0 spiro atoms. The molecule has 3 aromatic carbocycles. The van der Waals surface area contributed by atoms with Crippen LogP contribution in [0.5, 0.6) is 5.75 Å². The highest BCUT2D eigenvalue weighted by molar-refractivity contribution is 5.94. The van der Waals surface area contributed by atoms with E-state index in [-0.39, 0.29) is 5.91 Å². The highest BCUT2D eigenvalue weighted by Crippen LogP contribution is 2.17. The maximum Gasteiger partial charge on any atom is 0.267 e. The zero-order chi connectivity index (χ0) is 19.6. The van der Waals surface area contributed by atoms with Crippen molar-refractivity contribution in [3.05, 3.63) is 96.1 Å². The third-order valence-electron chi connectivity index (χ3n) is 3.96. The van der Waals surface area contributed by atoms with Crippen LogP contribution in [0.4, 0.5) is 5.69 Å². The van der Waals surface area contributed by atoms with Gasteiger partial charge in [0.25, 0.3) is 5.91 Å². The second kappa shape index (κ2) is 9.92. The van der Waals surface area contributed by atoms with Gasteiger partial charge in [0.2, 0.25) is 6.10 Å². The SMILES string of the molecule is C[C@@H](O/N=C\c1ccccc1)C(=O)Nc1ccc(OCc2ccccc2)cc1. The highest BCUT2D eigenvalue weighted by Gasteiger charge is 2.14. The predicted octanol–water partition coefficient (Wildman–Crippen LogP) is 4.64. The lowest BCUT2D eigenvalue weighted by molar-refractivity contribution is -0.126. The summed E-state index contributed by atoms with van der Waals surface area (Å²) in [6.45, 7) is 2.14. The van der Waals surface area contributed by atoms with Crippen LogP contribution in [0.15, 0.2) is 90.1 Å². The topological polar surface area (TPSA) is 59.9 Å². The Morgan fingerprint density at radius 2 is 1.61 bits per heavy atom. The van der Waals surface area contributed by atoms with E-state index in [1.54, 1.807) is 25.3 Å². The number of rotatable bonds is 8. The van der Waals surface area contributed by atoms with E-state index in [4.69, 9.17) is 9.57 Å². The first kappa shape index (κ1) is 19.2. The summed E-state index contributed by atoms with van der Waals surface area (Å²) < 4.78 is 5.74. The monoisotopic (exact) mass is 374 g/mol. The van der Waals surface area contributed by atoms with E-state index in [0.29, 0.717) is 12.3 Å². The molecule has 0 aliphatic rings. The third kappa shape index (κ3) is 5.99. The molecule has 0 saturated heterocycles. The molecule has 28 heavy (non-hydrogen) atoms. The number of carbonyl (C=O) groups excluding carboxylic acids is 1. The number of nitrogens with zero attached hydrogens (tertiary/aromatic N) is 1. The molecule has 0 fully saturated rings. The molecule has 5 nitrogen and oxygen atoms in total. The van der Waals surface area contributed by atoms with Crippen LogP contribution in [0.2, 0.25) is 0 Å². The van der Waals surface area contributed by atoms with Gasteiger partial charge >= 0.3 is 0 Å². The zero-order valence-corrected chi connectivity index (χ0v) is 15.6. The summed E-state index contributed by atoms with van der Waals surface area (Å²) in [5.74, 6) is 0.460. The van der Waals surface area contributed by atoms with Crippen LogP contribution in [0, 0.1) is 0 Å². The Morgan fingerprint density at radius 3 is 2.29 bits per heavy atom. The Bertz CT molecular complexity index is 894. The minimum Gasteiger partial charge on any atom is -0.489 e. The molecule has 1 N–H and O–H groups in total. The largest absolute Gasteiger partial charge is 0.489 e. The summed E-state index contributed by atoms with van der Waals surface area (Å²) in [4.78, 5) is 17.4. The number of oxime groups is 1. The molecule has 0 bridgehead atoms. The fourth-order valence-electron chi connectivity index (χ4n) is 2.39. The maximum atomic E-state index is 12.2. The average Bonchev–Trinajstić information content (AvgIpc) is 2.74. The first-order valence-electron chi connectivity index (χ1n) is 9.02. The quantitative estimate of drug-likeness (QED) is 0.461. The number of hydrogen-bond donors (Lipinski definition) is 1. The molecule has 5 heteroatoms. The molecule has 0 aliphatic carbocycles. The van der Waals surface area contributed by atoms with E-state index < -0.39 is 6.10 Å². The van der Waals surface area contributed by atoms with Gasteiger partial charge in [-0.05, 0) is 42.3 Å². The summed E-state index contributed by atoms with van der Waals surface area (Å²) in [5, 5.41) is 6.66. The van der Waals surface area contributed by atoms with Gasteiger partial charge in [-0.1, -0.05) is 65.8 Å². The normalized spacial score (nSPS) is 11.8. The van der Waals surface area contributed by atoms with Gasteiger partial charge in [0, 0.05) is 5.69 Å². The molecule has 0 radical (unpaired) electrons. The Morgan fingerprint density at radius 1 is 0.964 bits per heavy atom. The number of ether oxygens (including phenoxy) is 1. The number of carbonyl (C=O) groups is 1. The second-order valence-corrected chi connectivity index (χ2v) is 6.18. The van der Waals surface area contributed by atoms with E-state index in [0.717, 1.165) is 16.9 Å². The third-order valence-corrected chi connectivity index (χ3v) is 3.96. The molecule has 142 valence electrons. The number of anilines is 1. The van der Waals surface area contributed by atoms with Crippen molar-refractivity contribution < 1.29 is 14.4 Å². The smallest absolute Gasteiger partial charge is 0.267 e. The van der Waals surface area contributed by atoms with Crippen molar-refractivity contribution in [1.29, 1.82) is 0 Å². The molecule has 0 saturated carbocycles. The van der Waals surface area contributed by atoms with Crippen LogP contribution in [0.25, 0.3) is 0 Å². The molecule has 1 amide bonds. The highest BCUT2D eigenvalue weighted by atomic mass is 16.6. The summed E-state index contributed by atoms with van der Waals surface area (Å²) in [6, 6.07) is 26.7. The van der Waals surface area contributed by atoms with Gasteiger partial charge in [-0.3, -0.25) is 4.79 Å². The lowest BCUT2D eigenvalue weighted by atomic mass is 10.2. The Kier molecular flexibility index (Phi) is 6.79. The fourth-order valence-corrected chi connectivity index (χ4v) is 2.39. The Balaban J connectivity index is 1.46. The van der Waals surface area contributed by atoms with Gasteiger partial charge in [-0.25, -0.2) is 0 Å². The lowest BCUT2D eigenvalue weighted by Gasteiger charge is -2.11. The Labute approximate surface area is 164 Å². The van der Waals surface area contributed by atoms with Gasteiger partial charge < -0.3 is 14.9 Å². The molecule has 0 heterocycles. The molecule has 0 aliphatic heterocycles. The second-order valence-electron chi connectivity index (χ2n) is 6.18.